The largest absolute Gasteiger partial charge is 0.497 e. The highest BCUT2D eigenvalue weighted by molar-refractivity contribution is 5.94. The second-order valence-electron chi connectivity index (χ2n) is 6.90. The number of hydrogen-bond donors (Lipinski definition) is 3. The summed E-state index contributed by atoms with van der Waals surface area (Å²) < 4.78 is 5.10. The topological polar surface area (TPSA) is 74.8 Å². The van der Waals surface area contributed by atoms with Gasteiger partial charge in [0.25, 0.3) is 5.91 Å². The number of carbonyl (C=O) groups is 1. The van der Waals surface area contributed by atoms with Crippen molar-refractivity contribution < 1.29 is 9.53 Å². The lowest BCUT2D eigenvalue weighted by atomic mass is 9.83. The number of nitrogens with one attached hydrogen (secondary N) is 3. The Balaban J connectivity index is 1.69. The lowest BCUT2D eigenvalue weighted by Crippen LogP contribution is -2.45. The maximum absolute atomic E-state index is 12.1. The molecule has 0 aromatic heterocycles. The van der Waals surface area contributed by atoms with E-state index in [1.807, 2.05) is 0 Å². The van der Waals surface area contributed by atoms with Gasteiger partial charge in [-0.05, 0) is 48.9 Å². The Morgan fingerprint density at radius 3 is 2.35 bits per heavy atom. The number of carbonyl (C=O) groups excluding carboxylic acids is 1. The lowest BCUT2D eigenvalue weighted by molar-refractivity contribution is 0.0954. The van der Waals surface area contributed by atoms with E-state index in [0.717, 1.165) is 18.3 Å². The molecule has 1 aromatic rings. The zero-order valence-corrected chi connectivity index (χ0v) is 16.2. The third kappa shape index (κ3) is 5.64. The number of hydrogen-bond acceptors (Lipinski definition) is 3. The standard InChI is InChI=1S/C20H32N4O2/c1-4-20(11-5-6-12-20)15-24-19(21-2)23-14-13-22-18(25)16-7-9-17(26-3)10-8-16/h7-10H,4-6,11-15H2,1-3H3,(H,22,25)(H2,21,23,24). The van der Waals surface area contributed by atoms with Gasteiger partial charge in [0.1, 0.15) is 5.75 Å². The second kappa shape index (κ2) is 10.0. The molecule has 1 amide bonds. The van der Waals surface area contributed by atoms with E-state index in [2.05, 4.69) is 27.9 Å². The Morgan fingerprint density at radius 1 is 1.12 bits per heavy atom. The van der Waals surface area contributed by atoms with E-state index < -0.39 is 0 Å². The van der Waals surface area contributed by atoms with E-state index in [1.54, 1.807) is 38.4 Å². The van der Waals surface area contributed by atoms with Crippen LogP contribution >= 0.6 is 0 Å². The highest BCUT2D eigenvalue weighted by Gasteiger charge is 2.31. The minimum absolute atomic E-state index is 0.0895. The molecule has 0 heterocycles. The van der Waals surface area contributed by atoms with E-state index in [1.165, 1.54) is 32.1 Å². The summed E-state index contributed by atoms with van der Waals surface area (Å²) in [6, 6.07) is 7.08. The van der Waals surface area contributed by atoms with E-state index in [9.17, 15) is 4.79 Å². The molecule has 0 radical (unpaired) electrons. The first-order valence-electron chi connectivity index (χ1n) is 9.49. The molecular formula is C20H32N4O2. The number of rotatable bonds is 8. The third-order valence-electron chi connectivity index (χ3n) is 5.32. The van der Waals surface area contributed by atoms with Crippen molar-refractivity contribution in [1.29, 1.82) is 0 Å². The van der Waals surface area contributed by atoms with E-state index in [-0.39, 0.29) is 5.91 Å². The van der Waals surface area contributed by atoms with Crippen LogP contribution in [-0.2, 0) is 0 Å². The summed E-state index contributed by atoms with van der Waals surface area (Å²) in [5.74, 6) is 1.45. The maximum Gasteiger partial charge on any atom is 0.251 e. The van der Waals surface area contributed by atoms with Gasteiger partial charge in [-0.15, -0.1) is 0 Å². The minimum Gasteiger partial charge on any atom is -0.497 e. The quantitative estimate of drug-likeness (QED) is 0.378. The molecule has 0 unspecified atom stereocenters. The van der Waals surface area contributed by atoms with Gasteiger partial charge < -0.3 is 20.7 Å². The van der Waals surface area contributed by atoms with Gasteiger partial charge >= 0.3 is 0 Å². The molecule has 0 aliphatic heterocycles. The van der Waals surface area contributed by atoms with Crippen molar-refractivity contribution in [2.24, 2.45) is 10.4 Å². The molecule has 1 aliphatic carbocycles. The third-order valence-corrected chi connectivity index (χ3v) is 5.32. The van der Waals surface area contributed by atoms with Gasteiger partial charge in [-0.25, -0.2) is 0 Å². The molecule has 0 bridgehead atoms. The summed E-state index contributed by atoms with van der Waals surface area (Å²) in [6.45, 7) is 4.39. The molecule has 6 nitrogen and oxygen atoms in total. The number of amides is 1. The Labute approximate surface area is 156 Å². The smallest absolute Gasteiger partial charge is 0.251 e. The van der Waals surface area contributed by atoms with Crippen molar-refractivity contribution >= 4 is 11.9 Å². The zero-order valence-electron chi connectivity index (χ0n) is 16.2. The molecule has 1 saturated carbocycles. The average Bonchev–Trinajstić information content (AvgIpc) is 3.16. The van der Waals surface area contributed by atoms with Gasteiger partial charge in [-0.1, -0.05) is 19.8 Å². The van der Waals surface area contributed by atoms with Gasteiger partial charge in [-0.3, -0.25) is 9.79 Å². The number of benzene rings is 1. The van der Waals surface area contributed by atoms with Crippen molar-refractivity contribution in [2.45, 2.75) is 39.0 Å². The normalized spacial score (nSPS) is 16.2. The van der Waals surface area contributed by atoms with Crippen LogP contribution in [0.15, 0.2) is 29.3 Å². The van der Waals surface area contributed by atoms with Crippen LogP contribution in [0.25, 0.3) is 0 Å². The number of aliphatic imine (C=N–C) groups is 1. The van der Waals surface area contributed by atoms with Crippen molar-refractivity contribution in [1.82, 2.24) is 16.0 Å². The van der Waals surface area contributed by atoms with E-state index in [0.29, 0.717) is 24.1 Å². The van der Waals surface area contributed by atoms with Gasteiger partial charge in [0.2, 0.25) is 0 Å². The highest BCUT2D eigenvalue weighted by Crippen LogP contribution is 2.40. The first-order chi connectivity index (χ1) is 12.6. The Kier molecular flexibility index (Phi) is 7.75. The highest BCUT2D eigenvalue weighted by atomic mass is 16.5. The van der Waals surface area contributed by atoms with Crippen molar-refractivity contribution in [3.63, 3.8) is 0 Å². The van der Waals surface area contributed by atoms with Crippen LogP contribution in [0, 0.1) is 5.41 Å². The van der Waals surface area contributed by atoms with E-state index in [4.69, 9.17) is 4.74 Å². The molecule has 2 rings (SSSR count). The fourth-order valence-electron chi connectivity index (χ4n) is 3.47. The van der Waals surface area contributed by atoms with Crippen LogP contribution in [0.1, 0.15) is 49.4 Å². The van der Waals surface area contributed by atoms with Crippen molar-refractivity contribution in [3.8, 4) is 5.75 Å². The van der Waals surface area contributed by atoms with Gasteiger partial charge in [0, 0.05) is 32.2 Å². The number of methoxy groups -OCH3 is 1. The number of guanidine groups is 1. The minimum atomic E-state index is -0.0895. The molecule has 6 heteroatoms. The van der Waals surface area contributed by atoms with Crippen LogP contribution in [-0.4, -0.2) is 45.7 Å². The van der Waals surface area contributed by atoms with Crippen LogP contribution in [0.3, 0.4) is 0 Å². The molecule has 0 atom stereocenters. The average molecular weight is 361 g/mol. The molecule has 26 heavy (non-hydrogen) atoms. The first kappa shape index (κ1) is 20.1. The SMILES string of the molecule is CCC1(CNC(=NC)NCCNC(=O)c2ccc(OC)cc2)CCCC1. The Hall–Kier alpha value is -2.24. The van der Waals surface area contributed by atoms with E-state index >= 15 is 0 Å². The predicted molar refractivity (Wildman–Crippen MR) is 106 cm³/mol. The van der Waals surface area contributed by atoms with Crippen LogP contribution in [0.2, 0.25) is 0 Å². The Bertz CT molecular complexity index is 592. The van der Waals surface area contributed by atoms with Gasteiger partial charge in [0.05, 0.1) is 7.11 Å². The Morgan fingerprint density at radius 2 is 1.77 bits per heavy atom. The summed E-state index contributed by atoms with van der Waals surface area (Å²) >= 11 is 0. The van der Waals surface area contributed by atoms with Crippen molar-refractivity contribution in [2.75, 3.05) is 33.8 Å². The maximum atomic E-state index is 12.1. The molecule has 3 N–H and O–H groups in total. The van der Waals surface area contributed by atoms with Crippen LogP contribution in [0.5, 0.6) is 5.75 Å². The molecule has 1 fully saturated rings. The van der Waals surface area contributed by atoms with Crippen LogP contribution in [0.4, 0.5) is 0 Å². The summed E-state index contributed by atoms with van der Waals surface area (Å²) in [4.78, 5) is 16.4. The summed E-state index contributed by atoms with van der Waals surface area (Å²) in [5, 5.41) is 9.62. The molecule has 0 saturated heterocycles. The lowest BCUT2D eigenvalue weighted by Gasteiger charge is -2.28. The molecular weight excluding hydrogens is 328 g/mol. The van der Waals surface area contributed by atoms with Gasteiger partial charge in [-0.2, -0.15) is 0 Å². The summed E-state index contributed by atoms with van der Waals surface area (Å²) in [7, 11) is 3.38. The van der Waals surface area contributed by atoms with Gasteiger partial charge in [0.15, 0.2) is 5.96 Å². The predicted octanol–water partition coefficient (Wildman–Crippen LogP) is 2.56. The first-order valence-corrected chi connectivity index (χ1v) is 9.49. The van der Waals surface area contributed by atoms with Crippen LogP contribution < -0.4 is 20.7 Å². The molecule has 1 aliphatic rings. The zero-order chi connectivity index (χ0) is 18.8. The fourth-order valence-corrected chi connectivity index (χ4v) is 3.47. The second-order valence-corrected chi connectivity index (χ2v) is 6.90. The molecule has 144 valence electrons. The number of ether oxygens (including phenoxy) is 1. The molecule has 0 spiro atoms. The summed E-state index contributed by atoms with van der Waals surface area (Å²) in [5.41, 5.74) is 1.04. The monoisotopic (exact) mass is 360 g/mol. The molecule has 1 aromatic carbocycles. The fraction of sp³-hybridized carbons (Fsp3) is 0.600. The van der Waals surface area contributed by atoms with Crippen molar-refractivity contribution in [3.05, 3.63) is 29.8 Å². The number of nitrogens with zero attached hydrogens (tertiary/aromatic N) is 1. The summed E-state index contributed by atoms with van der Waals surface area (Å²) in [6.07, 6.45) is 6.46.